The zero-order valence-electron chi connectivity index (χ0n) is 11.6. The van der Waals surface area contributed by atoms with E-state index in [-0.39, 0.29) is 10.9 Å². The SMILES string of the molecule is CCSc1nnc(NC(=O)CSc2nccc(C(F)(F)F)n2)s1. The quantitative estimate of drug-likeness (QED) is 0.467. The van der Waals surface area contributed by atoms with E-state index in [0.29, 0.717) is 5.13 Å². The van der Waals surface area contributed by atoms with Gasteiger partial charge in [-0.05, 0) is 11.8 Å². The van der Waals surface area contributed by atoms with E-state index in [1.807, 2.05) is 6.92 Å². The highest BCUT2D eigenvalue weighted by Gasteiger charge is 2.32. The lowest BCUT2D eigenvalue weighted by Crippen LogP contribution is -2.14. The Morgan fingerprint density at radius 3 is 2.83 bits per heavy atom. The Balaban J connectivity index is 1.89. The zero-order valence-corrected chi connectivity index (χ0v) is 14.1. The molecule has 124 valence electrons. The van der Waals surface area contributed by atoms with Crippen LogP contribution in [-0.2, 0) is 11.0 Å². The highest BCUT2D eigenvalue weighted by molar-refractivity contribution is 8.01. The van der Waals surface area contributed by atoms with Crippen LogP contribution in [0.25, 0.3) is 0 Å². The van der Waals surface area contributed by atoms with Crippen LogP contribution >= 0.6 is 34.9 Å². The predicted molar refractivity (Wildman–Crippen MR) is 82.7 cm³/mol. The minimum atomic E-state index is -4.54. The van der Waals surface area contributed by atoms with Gasteiger partial charge >= 0.3 is 6.18 Å². The first-order chi connectivity index (χ1) is 10.9. The van der Waals surface area contributed by atoms with E-state index in [4.69, 9.17) is 0 Å². The van der Waals surface area contributed by atoms with Gasteiger partial charge < -0.3 is 0 Å². The number of halogens is 3. The molecular formula is C11H10F3N5OS3. The first kappa shape index (κ1) is 17.9. The van der Waals surface area contributed by atoms with Gasteiger partial charge in [0.25, 0.3) is 0 Å². The van der Waals surface area contributed by atoms with Gasteiger partial charge in [0.1, 0.15) is 5.69 Å². The molecule has 0 fully saturated rings. The fraction of sp³-hybridized carbons (Fsp3) is 0.364. The molecule has 2 aromatic heterocycles. The fourth-order valence-electron chi connectivity index (χ4n) is 1.30. The second-order valence-corrected chi connectivity index (χ2v) is 7.30. The molecule has 23 heavy (non-hydrogen) atoms. The molecule has 0 aliphatic rings. The van der Waals surface area contributed by atoms with Crippen molar-refractivity contribution in [3.05, 3.63) is 18.0 Å². The van der Waals surface area contributed by atoms with Crippen LogP contribution in [-0.4, -0.2) is 37.6 Å². The summed E-state index contributed by atoms with van der Waals surface area (Å²) in [7, 11) is 0. The Bertz CT molecular complexity index is 679. The van der Waals surface area contributed by atoms with Gasteiger partial charge in [-0.1, -0.05) is 41.8 Å². The molecule has 1 amide bonds. The summed E-state index contributed by atoms with van der Waals surface area (Å²) in [6.45, 7) is 1.97. The number of rotatable bonds is 6. The van der Waals surface area contributed by atoms with Gasteiger partial charge in [0.05, 0.1) is 5.75 Å². The number of alkyl halides is 3. The summed E-state index contributed by atoms with van der Waals surface area (Å²) in [6, 6.07) is 0.776. The Morgan fingerprint density at radius 1 is 1.35 bits per heavy atom. The zero-order chi connectivity index (χ0) is 16.9. The van der Waals surface area contributed by atoms with Crippen LogP contribution < -0.4 is 5.32 Å². The van der Waals surface area contributed by atoms with Crippen molar-refractivity contribution in [1.82, 2.24) is 20.2 Å². The number of thioether (sulfide) groups is 2. The molecule has 0 aliphatic heterocycles. The summed E-state index contributed by atoms with van der Waals surface area (Å²) >= 11 is 3.54. The second-order valence-electron chi connectivity index (χ2n) is 3.87. The highest BCUT2D eigenvalue weighted by Crippen LogP contribution is 2.28. The molecular weight excluding hydrogens is 371 g/mol. The van der Waals surface area contributed by atoms with Gasteiger partial charge in [0, 0.05) is 6.20 Å². The molecule has 0 saturated heterocycles. The third kappa shape index (κ3) is 5.62. The largest absolute Gasteiger partial charge is 0.433 e. The van der Waals surface area contributed by atoms with Crippen LogP contribution in [0.3, 0.4) is 0 Å². The molecule has 6 nitrogen and oxygen atoms in total. The number of amides is 1. The number of nitrogens with one attached hydrogen (secondary N) is 1. The lowest BCUT2D eigenvalue weighted by molar-refractivity contribution is -0.141. The van der Waals surface area contributed by atoms with Crippen molar-refractivity contribution in [2.75, 3.05) is 16.8 Å². The third-order valence-corrected chi connectivity index (χ3v) is 4.89. The van der Waals surface area contributed by atoms with Crippen molar-refractivity contribution < 1.29 is 18.0 Å². The minimum absolute atomic E-state index is 0.116. The fourth-order valence-corrected chi connectivity index (χ4v) is 3.59. The van der Waals surface area contributed by atoms with Crippen molar-refractivity contribution in [2.24, 2.45) is 0 Å². The maximum absolute atomic E-state index is 12.5. The van der Waals surface area contributed by atoms with Gasteiger partial charge in [-0.15, -0.1) is 10.2 Å². The Morgan fingerprint density at radius 2 is 2.13 bits per heavy atom. The van der Waals surface area contributed by atoms with Crippen LogP contribution in [0.2, 0.25) is 0 Å². The number of anilines is 1. The topological polar surface area (TPSA) is 80.7 Å². The summed E-state index contributed by atoms with van der Waals surface area (Å²) in [6.07, 6.45) is -3.53. The van der Waals surface area contributed by atoms with E-state index in [1.165, 1.54) is 23.1 Å². The summed E-state index contributed by atoms with van der Waals surface area (Å²) < 4.78 is 38.3. The predicted octanol–water partition coefficient (Wildman–Crippen LogP) is 3.19. The average Bonchev–Trinajstić information content (AvgIpc) is 2.92. The monoisotopic (exact) mass is 381 g/mol. The van der Waals surface area contributed by atoms with Gasteiger partial charge in [0.2, 0.25) is 11.0 Å². The molecule has 0 aliphatic carbocycles. The standard InChI is InChI=1S/C11H10F3N5OS3/c1-2-21-10-19-18-9(23-10)17-7(20)5-22-8-15-4-3-6(16-8)11(12,13)14/h3-4H,2,5H2,1H3,(H,17,18,20). The molecule has 0 bridgehead atoms. The highest BCUT2D eigenvalue weighted by atomic mass is 32.2. The van der Waals surface area contributed by atoms with Crippen molar-refractivity contribution in [2.45, 2.75) is 22.6 Å². The van der Waals surface area contributed by atoms with Gasteiger partial charge in [0.15, 0.2) is 9.50 Å². The Hall–Kier alpha value is -1.40. The van der Waals surface area contributed by atoms with Crippen molar-refractivity contribution in [3.63, 3.8) is 0 Å². The van der Waals surface area contributed by atoms with E-state index in [1.54, 1.807) is 0 Å². The summed E-state index contributed by atoms with van der Waals surface area (Å²) in [5, 5.41) is 10.4. The number of hydrogen-bond donors (Lipinski definition) is 1. The molecule has 0 unspecified atom stereocenters. The molecule has 0 spiro atoms. The number of carbonyl (C=O) groups is 1. The maximum Gasteiger partial charge on any atom is 0.433 e. The molecule has 2 rings (SSSR count). The Kier molecular flexibility index (Phi) is 6.18. The van der Waals surface area contributed by atoms with Crippen molar-refractivity contribution in [3.8, 4) is 0 Å². The summed E-state index contributed by atoms with van der Waals surface area (Å²) in [4.78, 5) is 18.8. The van der Waals surface area contributed by atoms with Gasteiger partial charge in [-0.2, -0.15) is 13.2 Å². The number of aromatic nitrogens is 4. The lowest BCUT2D eigenvalue weighted by atomic mass is 10.4. The molecule has 2 aromatic rings. The average molecular weight is 381 g/mol. The molecule has 0 saturated carbocycles. The lowest BCUT2D eigenvalue weighted by Gasteiger charge is -2.06. The minimum Gasteiger partial charge on any atom is -0.300 e. The molecule has 0 atom stereocenters. The first-order valence-corrected chi connectivity index (χ1v) is 8.96. The van der Waals surface area contributed by atoms with Crippen LogP contribution in [0.15, 0.2) is 21.8 Å². The van der Waals surface area contributed by atoms with E-state index in [0.717, 1.165) is 34.1 Å². The van der Waals surface area contributed by atoms with Crippen LogP contribution in [0.4, 0.5) is 18.3 Å². The molecule has 12 heteroatoms. The summed E-state index contributed by atoms with van der Waals surface area (Å²) in [5.41, 5.74) is -1.04. The molecule has 1 N–H and O–H groups in total. The molecule has 2 heterocycles. The van der Waals surface area contributed by atoms with Crippen molar-refractivity contribution in [1.29, 1.82) is 0 Å². The summed E-state index contributed by atoms with van der Waals surface area (Å²) in [5.74, 6) is 0.294. The van der Waals surface area contributed by atoms with E-state index in [2.05, 4.69) is 25.5 Å². The van der Waals surface area contributed by atoms with Crippen LogP contribution in [0, 0.1) is 0 Å². The van der Waals surface area contributed by atoms with Crippen LogP contribution in [0.5, 0.6) is 0 Å². The van der Waals surface area contributed by atoms with Gasteiger partial charge in [-0.25, -0.2) is 9.97 Å². The number of nitrogens with zero attached hydrogens (tertiary/aromatic N) is 4. The third-order valence-electron chi connectivity index (χ3n) is 2.18. The van der Waals surface area contributed by atoms with Crippen LogP contribution in [0.1, 0.15) is 12.6 Å². The van der Waals surface area contributed by atoms with E-state index >= 15 is 0 Å². The smallest absolute Gasteiger partial charge is 0.300 e. The normalized spacial score (nSPS) is 11.5. The first-order valence-electron chi connectivity index (χ1n) is 6.17. The number of carbonyl (C=O) groups excluding carboxylic acids is 1. The maximum atomic E-state index is 12.5. The second kappa shape index (κ2) is 7.93. The Labute approximate surface area is 141 Å². The van der Waals surface area contributed by atoms with E-state index in [9.17, 15) is 18.0 Å². The van der Waals surface area contributed by atoms with Gasteiger partial charge in [-0.3, -0.25) is 10.1 Å². The van der Waals surface area contributed by atoms with E-state index < -0.39 is 17.8 Å². The molecule has 0 radical (unpaired) electrons. The van der Waals surface area contributed by atoms with Crippen molar-refractivity contribution >= 4 is 45.9 Å². The molecule has 0 aromatic carbocycles. The number of hydrogen-bond acceptors (Lipinski definition) is 8.